The molecule has 1 nitrogen and oxygen atoms in total. The highest BCUT2D eigenvalue weighted by Crippen LogP contribution is 2.49. The first-order valence-electron chi connectivity index (χ1n) is 7.70. The van der Waals surface area contributed by atoms with Gasteiger partial charge in [-0.3, -0.25) is 0 Å². The minimum Gasteiger partial charge on any atom is -0.309 e. The van der Waals surface area contributed by atoms with Crippen LogP contribution in [0.2, 0.25) is 0 Å². The molecule has 0 aromatic rings. The van der Waals surface area contributed by atoms with E-state index in [1.165, 1.54) is 16.7 Å². The Labute approximate surface area is 128 Å². The molecule has 3 aliphatic carbocycles. The maximum Gasteiger partial charge on any atom is 0.0425 e. The normalized spacial score (nSPS) is 28.2. The Kier molecular flexibility index (Phi) is 3.94. The van der Waals surface area contributed by atoms with Crippen molar-refractivity contribution in [1.29, 1.82) is 0 Å². The zero-order chi connectivity index (χ0) is 14.7. The van der Waals surface area contributed by atoms with E-state index in [1.54, 1.807) is 0 Å². The molecule has 0 saturated carbocycles. The van der Waals surface area contributed by atoms with Crippen LogP contribution in [0.15, 0.2) is 83.6 Å². The Morgan fingerprint density at radius 3 is 2.86 bits per heavy atom. The maximum absolute atomic E-state index is 2.38. The smallest absolute Gasteiger partial charge is 0.0425 e. The van der Waals surface area contributed by atoms with E-state index < -0.39 is 0 Å². The van der Waals surface area contributed by atoms with E-state index in [-0.39, 0.29) is 5.41 Å². The lowest BCUT2D eigenvalue weighted by Crippen LogP contribution is -2.25. The third-order valence-electron chi connectivity index (χ3n) is 4.41. The minimum absolute atomic E-state index is 0.0386. The fourth-order valence-corrected chi connectivity index (χ4v) is 3.29. The molecule has 0 bridgehead atoms. The summed E-state index contributed by atoms with van der Waals surface area (Å²) in [6.45, 7) is 1.09. The predicted molar refractivity (Wildman–Crippen MR) is 91.0 cm³/mol. The van der Waals surface area contributed by atoms with Gasteiger partial charge in [-0.15, -0.1) is 0 Å². The van der Waals surface area contributed by atoms with E-state index in [9.17, 15) is 0 Å². The quantitative estimate of drug-likeness (QED) is 0.741. The number of nitrogens with zero attached hydrogens (tertiary/aromatic N) is 1. The van der Waals surface area contributed by atoms with Crippen molar-refractivity contribution < 1.29 is 0 Å². The molecule has 108 valence electrons. The van der Waals surface area contributed by atoms with Crippen LogP contribution in [0.25, 0.3) is 0 Å². The second-order valence-electron chi connectivity index (χ2n) is 6.13. The van der Waals surface area contributed by atoms with E-state index in [4.69, 9.17) is 0 Å². The van der Waals surface area contributed by atoms with Crippen LogP contribution in [0.4, 0.5) is 0 Å². The Hall–Kier alpha value is -1.86. The number of allylic oxidation sites excluding steroid dienone is 13. The van der Waals surface area contributed by atoms with Crippen LogP contribution in [0.5, 0.6) is 0 Å². The number of hydrogen-bond donors (Lipinski definition) is 0. The van der Waals surface area contributed by atoms with Crippen LogP contribution in [-0.2, 0) is 0 Å². The SMILES string of the molecule is CN(C)CCC=C1C=CC=C2C=CC=CC23CC=CC=C13. The Bertz CT molecular complexity index is 620. The average Bonchev–Trinajstić information content (AvgIpc) is 2.64. The van der Waals surface area contributed by atoms with Gasteiger partial charge >= 0.3 is 0 Å². The van der Waals surface area contributed by atoms with Crippen molar-refractivity contribution in [2.24, 2.45) is 5.41 Å². The van der Waals surface area contributed by atoms with Crippen molar-refractivity contribution in [1.82, 2.24) is 4.90 Å². The van der Waals surface area contributed by atoms with Crippen LogP contribution < -0.4 is 0 Å². The molecule has 0 fully saturated rings. The molecule has 3 rings (SSSR count). The Morgan fingerprint density at radius 2 is 2.00 bits per heavy atom. The molecule has 0 heterocycles. The zero-order valence-corrected chi connectivity index (χ0v) is 12.9. The van der Waals surface area contributed by atoms with Gasteiger partial charge in [0.1, 0.15) is 0 Å². The fraction of sp³-hybridized carbons (Fsp3) is 0.300. The molecule has 0 saturated heterocycles. The summed E-state index contributed by atoms with van der Waals surface area (Å²) in [5, 5.41) is 0. The number of hydrogen-bond acceptors (Lipinski definition) is 1. The van der Waals surface area contributed by atoms with Gasteiger partial charge in [0.05, 0.1) is 0 Å². The summed E-state index contributed by atoms with van der Waals surface area (Å²) in [5.74, 6) is 0. The van der Waals surface area contributed by atoms with Gasteiger partial charge in [0.2, 0.25) is 0 Å². The van der Waals surface area contributed by atoms with Gasteiger partial charge in [-0.25, -0.2) is 0 Å². The predicted octanol–water partition coefficient (Wildman–Crippen LogP) is 4.36. The van der Waals surface area contributed by atoms with Crippen molar-refractivity contribution in [3.8, 4) is 0 Å². The van der Waals surface area contributed by atoms with Crippen LogP contribution in [0.1, 0.15) is 12.8 Å². The van der Waals surface area contributed by atoms with Gasteiger partial charge in [-0.2, -0.15) is 0 Å². The van der Waals surface area contributed by atoms with Crippen molar-refractivity contribution in [3.05, 3.63) is 83.6 Å². The maximum atomic E-state index is 2.38. The molecule has 1 spiro atoms. The molecule has 0 radical (unpaired) electrons. The summed E-state index contributed by atoms with van der Waals surface area (Å²) in [6, 6.07) is 0. The van der Waals surface area contributed by atoms with Crippen molar-refractivity contribution in [2.75, 3.05) is 20.6 Å². The van der Waals surface area contributed by atoms with E-state index in [0.717, 1.165) is 19.4 Å². The van der Waals surface area contributed by atoms with E-state index in [2.05, 4.69) is 85.8 Å². The minimum atomic E-state index is 0.0386. The van der Waals surface area contributed by atoms with E-state index in [0.29, 0.717) is 0 Å². The first kappa shape index (κ1) is 14.1. The second-order valence-corrected chi connectivity index (χ2v) is 6.13. The molecule has 1 atom stereocenters. The van der Waals surface area contributed by atoms with Crippen LogP contribution in [0, 0.1) is 5.41 Å². The first-order valence-corrected chi connectivity index (χ1v) is 7.70. The summed E-state index contributed by atoms with van der Waals surface area (Å²) < 4.78 is 0. The van der Waals surface area contributed by atoms with Gasteiger partial charge in [-0.1, -0.05) is 66.8 Å². The molecule has 0 N–H and O–H groups in total. The Morgan fingerprint density at radius 1 is 1.10 bits per heavy atom. The summed E-state index contributed by atoms with van der Waals surface area (Å²) in [6.07, 6.45) is 26.9. The highest BCUT2D eigenvalue weighted by atomic mass is 15.0. The molecule has 21 heavy (non-hydrogen) atoms. The topological polar surface area (TPSA) is 3.24 Å². The Balaban J connectivity index is 1.98. The third-order valence-corrected chi connectivity index (χ3v) is 4.41. The van der Waals surface area contributed by atoms with Gasteiger partial charge in [0, 0.05) is 12.0 Å². The lowest BCUT2D eigenvalue weighted by atomic mass is 9.66. The summed E-state index contributed by atoms with van der Waals surface area (Å²) in [5.41, 5.74) is 4.24. The van der Waals surface area contributed by atoms with Crippen LogP contribution in [0.3, 0.4) is 0 Å². The molecule has 1 unspecified atom stereocenters. The van der Waals surface area contributed by atoms with Gasteiger partial charge in [0.15, 0.2) is 0 Å². The molecule has 0 aromatic carbocycles. The lowest BCUT2D eigenvalue weighted by molar-refractivity contribution is 0.417. The van der Waals surface area contributed by atoms with Crippen molar-refractivity contribution in [3.63, 3.8) is 0 Å². The summed E-state index contributed by atoms with van der Waals surface area (Å²) >= 11 is 0. The van der Waals surface area contributed by atoms with Crippen LogP contribution >= 0.6 is 0 Å². The van der Waals surface area contributed by atoms with Gasteiger partial charge < -0.3 is 4.90 Å². The number of rotatable bonds is 3. The van der Waals surface area contributed by atoms with Gasteiger partial charge in [0.25, 0.3) is 0 Å². The molecular weight excluding hydrogens is 254 g/mol. The molecular formula is C20H23N. The summed E-state index contributed by atoms with van der Waals surface area (Å²) in [7, 11) is 4.25. The fourth-order valence-electron chi connectivity index (χ4n) is 3.29. The van der Waals surface area contributed by atoms with Crippen LogP contribution in [-0.4, -0.2) is 25.5 Å². The van der Waals surface area contributed by atoms with Crippen molar-refractivity contribution in [2.45, 2.75) is 12.8 Å². The summed E-state index contributed by atoms with van der Waals surface area (Å²) in [4.78, 5) is 2.23. The molecule has 3 aliphatic rings. The second kappa shape index (κ2) is 5.87. The molecule has 1 heteroatoms. The first-order chi connectivity index (χ1) is 10.2. The van der Waals surface area contributed by atoms with E-state index in [1.807, 2.05) is 0 Å². The highest BCUT2D eigenvalue weighted by Gasteiger charge is 2.37. The zero-order valence-electron chi connectivity index (χ0n) is 12.9. The van der Waals surface area contributed by atoms with E-state index >= 15 is 0 Å². The monoisotopic (exact) mass is 277 g/mol. The molecule has 0 aromatic heterocycles. The third kappa shape index (κ3) is 2.66. The molecule has 0 aliphatic heterocycles. The van der Waals surface area contributed by atoms with Crippen molar-refractivity contribution >= 4 is 0 Å². The standard InChI is InChI=1S/C20H23N/c1-21(2)16-8-10-17-9-7-12-18-11-3-5-14-20(18)15-6-4-13-19(17)20/h3-7,9-14H,8,15-16H2,1-2H3. The van der Waals surface area contributed by atoms with Gasteiger partial charge in [-0.05, 0) is 43.7 Å². The molecule has 0 amide bonds. The lowest BCUT2D eigenvalue weighted by Gasteiger charge is -2.37. The average molecular weight is 277 g/mol. The largest absolute Gasteiger partial charge is 0.309 e. The highest BCUT2D eigenvalue weighted by molar-refractivity contribution is 5.61.